The first-order valence-electron chi connectivity index (χ1n) is 9.10. The first-order chi connectivity index (χ1) is 12.7. The molecule has 4 heteroatoms. The Morgan fingerprint density at radius 1 is 1.04 bits per heavy atom. The summed E-state index contributed by atoms with van der Waals surface area (Å²) in [6, 6.07) is 16.3. The van der Waals surface area contributed by atoms with Gasteiger partial charge in [0.25, 0.3) is 0 Å². The molecule has 0 aromatic heterocycles. The van der Waals surface area contributed by atoms with Crippen LogP contribution in [0.3, 0.4) is 0 Å². The van der Waals surface area contributed by atoms with E-state index in [1.807, 2.05) is 50.4 Å². The molecule has 1 aliphatic rings. The molecule has 0 amide bonds. The van der Waals surface area contributed by atoms with Crippen LogP contribution in [0, 0.1) is 0 Å². The van der Waals surface area contributed by atoms with E-state index in [-0.39, 0.29) is 5.97 Å². The van der Waals surface area contributed by atoms with Gasteiger partial charge >= 0.3 is 5.97 Å². The normalized spacial score (nSPS) is 12.2. The summed E-state index contributed by atoms with van der Waals surface area (Å²) in [4.78, 5) is 13.6. The van der Waals surface area contributed by atoms with Gasteiger partial charge in [-0.3, -0.25) is 4.79 Å². The van der Waals surface area contributed by atoms with E-state index in [0.717, 1.165) is 35.6 Å². The van der Waals surface area contributed by atoms with Gasteiger partial charge in [-0.15, -0.1) is 0 Å². The molecule has 4 nitrogen and oxygen atoms in total. The summed E-state index contributed by atoms with van der Waals surface area (Å²) in [5.41, 5.74) is 3.46. The molecular weight excluding hydrogens is 326 g/mol. The quantitative estimate of drug-likeness (QED) is 0.588. The molecule has 3 rings (SSSR count). The van der Waals surface area contributed by atoms with Gasteiger partial charge < -0.3 is 14.4 Å². The average Bonchev–Trinajstić information content (AvgIpc) is 2.66. The number of rotatable bonds is 7. The monoisotopic (exact) mass is 351 g/mol. The fourth-order valence-electron chi connectivity index (χ4n) is 3.10. The van der Waals surface area contributed by atoms with E-state index in [9.17, 15) is 4.79 Å². The molecule has 26 heavy (non-hydrogen) atoms. The van der Waals surface area contributed by atoms with Gasteiger partial charge in [0, 0.05) is 24.2 Å². The Hall–Kier alpha value is -2.59. The van der Waals surface area contributed by atoms with Gasteiger partial charge in [-0.1, -0.05) is 42.5 Å². The summed E-state index contributed by atoms with van der Waals surface area (Å²) in [5.74, 6) is 1.66. The fourth-order valence-corrected chi connectivity index (χ4v) is 3.10. The number of hydrogen-bond donors (Lipinski definition) is 0. The summed E-state index contributed by atoms with van der Waals surface area (Å²) in [6.45, 7) is 3.86. The summed E-state index contributed by atoms with van der Waals surface area (Å²) < 4.78 is 11.0. The summed E-state index contributed by atoms with van der Waals surface area (Å²) in [7, 11) is 2.03. The van der Waals surface area contributed by atoms with Gasteiger partial charge in [0.1, 0.15) is 11.5 Å². The molecule has 1 aliphatic heterocycles. The Bertz CT molecular complexity index is 750. The maximum absolute atomic E-state index is 11.5. The van der Waals surface area contributed by atoms with E-state index in [1.54, 1.807) is 0 Å². The van der Waals surface area contributed by atoms with Gasteiger partial charge in [-0.05, 0) is 38.1 Å². The molecule has 0 saturated carbocycles. The van der Waals surface area contributed by atoms with Crippen molar-refractivity contribution in [2.45, 2.75) is 19.8 Å². The second-order valence-electron chi connectivity index (χ2n) is 6.36. The van der Waals surface area contributed by atoms with Crippen LogP contribution in [-0.4, -0.2) is 37.6 Å². The predicted molar refractivity (Wildman–Crippen MR) is 103 cm³/mol. The second-order valence-corrected chi connectivity index (χ2v) is 6.36. The summed E-state index contributed by atoms with van der Waals surface area (Å²) in [5, 5.41) is 0. The molecular formula is C22H25NO3. The molecule has 0 N–H and O–H groups in total. The number of fused-ring (bicyclic) bond motifs is 2. The molecule has 0 fully saturated rings. The fraction of sp³-hybridized carbons (Fsp3) is 0.318. The largest absolute Gasteiger partial charge is 0.466 e. The average molecular weight is 351 g/mol. The smallest absolute Gasteiger partial charge is 0.307 e. The van der Waals surface area contributed by atoms with Crippen LogP contribution in [-0.2, 0) is 9.53 Å². The van der Waals surface area contributed by atoms with Crippen molar-refractivity contribution >= 4 is 11.5 Å². The number of ether oxygens (including phenoxy) is 2. The van der Waals surface area contributed by atoms with E-state index >= 15 is 0 Å². The zero-order valence-electron chi connectivity index (χ0n) is 15.4. The first-order valence-corrected chi connectivity index (χ1v) is 9.10. The third-order valence-electron chi connectivity index (χ3n) is 4.44. The summed E-state index contributed by atoms with van der Waals surface area (Å²) in [6.07, 6.45) is 3.60. The van der Waals surface area contributed by atoms with Gasteiger partial charge in [0.15, 0.2) is 0 Å². The van der Waals surface area contributed by atoms with Crippen molar-refractivity contribution in [2.75, 3.05) is 26.7 Å². The number of hydrogen-bond acceptors (Lipinski definition) is 4. The SMILES string of the molecule is CCOC(=O)CCN(C)CCC=C1c2ccccc2Oc2ccccc21. The Balaban J connectivity index is 1.68. The van der Waals surface area contributed by atoms with Crippen molar-refractivity contribution in [3.8, 4) is 11.5 Å². The predicted octanol–water partition coefficient (Wildman–Crippen LogP) is 4.50. The minimum Gasteiger partial charge on any atom is -0.466 e. The van der Waals surface area contributed by atoms with Crippen molar-refractivity contribution in [1.82, 2.24) is 4.90 Å². The molecule has 0 atom stereocenters. The molecule has 0 aliphatic carbocycles. The van der Waals surface area contributed by atoms with Crippen molar-refractivity contribution in [1.29, 1.82) is 0 Å². The standard InChI is InChI=1S/C22H25NO3/c1-3-25-22(24)14-16-23(2)15-8-11-17-18-9-4-6-12-20(18)26-21-13-7-5-10-19(17)21/h4-7,9-13H,3,8,14-16H2,1-2H3. The lowest BCUT2D eigenvalue weighted by Crippen LogP contribution is -2.23. The molecule has 136 valence electrons. The first kappa shape index (κ1) is 18.2. The third-order valence-corrected chi connectivity index (χ3v) is 4.44. The molecule has 0 spiro atoms. The van der Waals surface area contributed by atoms with Gasteiger partial charge in [0.2, 0.25) is 0 Å². The lowest BCUT2D eigenvalue weighted by molar-refractivity contribution is -0.143. The van der Waals surface area contributed by atoms with Crippen molar-refractivity contribution in [2.24, 2.45) is 0 Å². The zero-order chi connectivity index (χ0) is 18.4. The van der Waals surface area contributed by atoms with E-state index < -0.39 is 0 Å². The molecule has 0 radical (unpaired) electrons. The van der Waals surface area contributed by atoms with Gasteiger partial charge in [-0.2, -0.15) is 0 Å². The lowest BCUT2D eigenvalue weighted by atomic mass is 9.93. The Kier molecular flexibility index (Phi) is 6.08. The Morgan fingerprint density at radius 2 is 1.65 bits per heavy atom. The van der Waals surface area contributed by atoms with E-state index in [1.165, 1.54) is 5.57 Å². The van der Waals surface area contributed by atoms with E-state index in [4.69, 9.17) is 9.47 Å². The highest BCUT2D eigenvalue weighted by atomic mass is 16.5. The molecule has 1 heterocycles. The number of esters is 1. The second kappa shape index (κ2) is 8.68. The van der Waals surface area contributed by atoms with Crippen LogP contribution in [0.2, 0.25) is 0 Å². The molecule has 2 aromatic carbocycles. The zero-order valence-corrected chi connectivity index (χ0v) is 15.4. The van der Waals surface area contributed by atoms with Crippen LogP contribution in [0.5, 0.6) is 11.5 Å². The van der Waals surface area contributed by atoms with Crippen molar-refractivity contribution in [3.63, 3.8) is 0 Å². The summed E-state index contributed by atoms with van der Waals surface area (Å²) >= 11 is 0. The van der Waals surface area contributed by atoms with Gasteiger partial charge in [0.05, 0.1) is 13.0 Å². The molecule has 0 unspecified atom stereocenters. The molecule has 0 saturated heterocycles. The van der Waals surface area contributed by atoms with E-state index in [2.05, 4.69) is 23.1 Å². The minimum atomic E-state index is -0.134. The topological polar surface area (TPSA) is 38.8 Å². The Morgan fingerprint density at radius 3 is 2.27 bits per heavy atom. The van der Waals surface area contributed by atoms with Crippen LogP contribution in [0.25, 0.3) is 5.57 Å². The minimum absolute atomic E-state index is 0.134. The van der Waals surface area contributed by atoms with Crippen molar-refractivity contribution in [3.05, 3.63) is 65.7 Å². The van der Waals surface area contributed by atoms with Crippen LogP contribution >= 0.6 is 0 Å². The maximum atomic E-state index is 11.5. The maximum Gasteiger partial charge on any atom is 0.307 e. The number of nitrogens with zero attached hydrogens (tertiary/aromatic N) is 1. The Labute approximate surface area is 155 Å². The van der Waals surface area contributed by atoms with Crippen LogP contribution in [0.1, 0.15) is 30.9 Å². The number of carbonyl (C=O) groups excluding carboxylic acids is 1. The van der Waals surface area contributed by atoms with E-state index in [0.29, 0.717) is 19.6 Å². The lowest BCUT2D eigenvalue weighted by Gasteiger charge is -2.23. The number of carbonyl (C=O) groups is 1. The molecule has 2 aromatic rings. The van der Waals surface area contributed by atoms with Crippen LogP contribution < -0.4 is 4.74 Å². The highest BCUT2D eigenvalue weighted by Crippen LogP contribution is 2.43. The van der Waals surface area contributed by atoms with Crippen LogP contribution in [0.15, 0.2) is 54.6 Å². The third kappa shape index (κ3) is 4.33. The number of benzene rings is 2. The van der Waals surface area contributed by atoms with Crippen molar-refractivity contribution < 1.29 is 14.3 Å². The van der Waals surface area contributed by atoms with Crippen LogP contribution in [0.4, 0.5) is 0 Å². The molecule has 0 bridgehead atoms. The highest BCUT2D eigenvalue weighted by molar-refractivity contribution is 5.87. The number of para-hydroxylation sites is 2. The van der Waals surface area contributed by atoms with Gasteiger partial charge in [-0.25, -0.2) is 0 Å². The highest BCUT2D eigenvalue weighted by Gasteiger charge is 2.20.